The summed E-state index contributed by atoms with van der Waals surface area (Å²) in [4.78, 5) is 26.2. The molecular formula is C24H26N6S. The van der Waals surface area contributed by atoms with Gasteiger partial charge < -0.3 is 9.80 Å². The molecule has 1 fully saturated rings. The molecule has 0 radical (unpaired) electrons. The molecule has 3 aromatic heterocycles. The van der Waals surface area contributed by atoms with Crippen molar-refractivity contribution >= 4 is 33.3 Å². The van der Waals surface area contributed by atoms with Crippen molar-refractivity contribution < 1.29 is 0 Å². The number of aryl methyl sites for hydroxylation is 3. The molecule has 6 nitrogen and oxygen atoms in total. The van der Waals surface area contributed by atoms with Crippen LogP contribution in [0.1, 0.15) is 27.7 Å². The Bertz CT molecular complexity index is 1190. The van der Waals surface area contributed by atoms with Gasteiger partial charge in [0.25, 0.3) is 0 Å². The molecule has 0 N–H and O–H groups in total. The monoisotopic (exact) mass is 430 g/mol. The number of hydrogen-bond donors (Lipinski definition) is 0. The molecule has 0 amide bonds. The highest BCUT2D eigenvalue weighted by atomic mass is 32.1. The lowest BCUT2D eigenvalue weighted by atomic mass is 10.1. The summed E-state index contributed by atoms with van der Waals surface area (Å²) in [7, 11) is 0. The van der Waals surface area contributed by atoms with Crippen LogP contribution in [0.5, 0.6) is 0 Å². The Kier molecular flexibility index (Phi) is 5.28. The van der Waals surface area contributed by atoms with Gasteiger partial charge in [-0.05, 0) is 38.5 Å². The highest BCUT2D eigenvalue weighted by Crippen LogP contribution is 2.32. The van der Waals surface area contributed by atoms with Gasteiger partial charge in [0, 0.05) is 48.9 Å². The summed E-state index contributed by atoms with van der Waals surface area (Å²) in [6, 6.07) is 14.7. The first-order chi connectivity index (χ1) is 15.0. The lowest BCUT2D eigenvalue weighted by Crippen LogP contribution is -2.47. The van der Waals surface area contributed by atoms with Crippen molar-refractivity contribution in [1.82, 2.24) is 19.9 Å². The van der Waals surface area contributed by atoms with Crippen LogP contribution >= 0.6 is 11.3 Å². The molecule has 1 saturated heterocycles. The molecule has 7 heteroatoms. The van der Waals surface area contributed by atoms with Crippen molar-refractivity contribution in [3.05, 3.63) is 70.1 Å². The number of hydrogen-bond acceptors (Lipinski definition) is 7. The van der Waals surface area contributed by atoms with E-state index >= 15 is 0 Å². The van der Waals surface area contributed by atoms with Crippen LogP contribution in [-0.2, 0) is 6.42 Å². The van der Waals surface area contributed by atoms with Gasteiger partial charge >= 0.3 is 0 Å². The maximum atomic E-state index is 5.03. The molecular weight excluding hydrogens is 404 g/mol. The number of rotatable bonds is 4. The third kappa shape index (κ3) is 4.23. The van der Waals surface area contributed by atoms with Crippen molar-refractivity contribution in [2.45, 2.75) is 27.2 Å². The largest absolute Gasteiger partial charge is 0.352 e. The average Bonchev–Trinajstić information content (AvgIpc) is 3.13. The zero-order chi connectivity index (χ0) is 21.4. The van der Waals surface area contributed by atoms with Gasteiger partial charge in [-0.15, -0.1) is 11.3 Å². The number of piperazine rings is 1. The third-order valence-corrected chi connectivity index (χ3v) is 6.52. The van der Waals surface area contributed by atoms with E-state index in [2.05, 4.69) is 57.0 Å². The molecule has 1 aliphatic heterocycles. The molecule has 0 aliphatic carbocycles. The molecule has 5 rings (SSSR count). The van der Waals surface area contributed by atoms with Gasteiger partial charge in [0.2, 0.25) is 5.95 Å². The first kappa shape index (κ1) is 19.9. The van der Waals surface area contributed by atoms with Gasteiger partial charge in [0.15, 0.2) is 0 Å². The van der Waals surface area contributed by atoms with E-state index in [9.17, 15) is 0 Å². The first-order valence-electron chi connectivity index (χ1n) is 10.7. The Hall–Kier alpha value is -3.06. The highest BCUT2D eigenvalue weighted by molar-refractivity contribution is 7.18. The molecule has 0 spiro atoms. The van der Waals surface area contributed by atoms with Gasteiger partial charge in [-0.2, -0.15) is 0 Å². The minimum absolute atomic E-state index is 0.747. The number of anilines is 2. The fourth-order valence-electron chi connectivity index (χ4n) is 4.14. The molecule has 31 heavy (non-hydrogen) atoms. The van der Waals surface area contributed by atoms with Crippen molar-refractivity contribution in [1.29, 1.82) is 0 Å². The SMILES string of the molecule is Cc1cc(C)nc(N2CCN(c3nc(Cc4ccccc4)nc4sc(C)cc34)CC2)n1. The number of thiophene rings is 1. The van der Waals surface area contributed by atoms with E-state index in [0.29, 0.717) is 0 Å². The average molecular weight is 431 g/mol. The van der Waals surface area contributed by atoms with Crippen molar-refractivity contribution in [3.8, 4) is 0 Å². The second-order valence-electron chi connectivity index (χ2n) is 8.13. The van der Waals surface area contributed by atoms with E-state index in [1.807, 2.05) is 26.0 Å². The molecule has 158 valence electrons. The predicted molar refractivity (Wildman–Crippen MR) is 127 cm³/mol. The fraction of sp³-hybridized carbons (Fsp3) is 0.333. The van der Waals surface area contributed by atoms with Crippen LogP contribution in [0.25, 0.3) is 10.2 Å². The summed E-state index contributed by atoms with van der Waals surface area (Å²) in [5.41, 5.74) is 3.27. The van der Waals surface area contributed by atoms with E-state index in [4.69, 9.17) is 9.97 Å². The van der Waals surface area contributed by atoms with Crippen LogP contribution in [0.15, 0.2) is 42.5 Å². The van der Waals surface area contributed by atoms with E-state index in [1.54, 1.807) is 11.3 Å². The van der Waals surface area contributed by atoms with Crippen LogP contribution in [0, 0.1) is 20.8 Å². The van der Waals surface area contributed by atoms with E-state index in [-0.39, 0.29) is 0 Å². The van der Waals surface area contributed by atoms with E-state index in [0.717, 1.165) is 71.8 Å². The summed E-state index contributed by atoms with van der Waals surface area (Å²) in [5.74, 6) is 2.78. The smallest absolute Gasteiger partial charge is 0.225 e. The molecule has 1 aliphatic rings. The van der Waals surface area contributed by atoms with Crippen LogP contribution in [-0.4, -0.2) is 46.1 Å². The molecule has 0 bridgehead atoms. The maximum absolute atomic E-state index is 5.03. The van der Waals surface area contributed by atoms with Gasteiger partial charge in [0.1, 0.15) is 16.5 Å². The first-order valence-corrected chi connectivity index (χ1v) is 11.5. The minimum Gasteiger partial charge on any atom is -0.352 e. The standard InChI is InChI=1S/C24H26N6S/c1-16-13-17(2)26-24(25-16)30-11-9-29(10-12-30)22-20-14-18(3)31-23(20)28-21(27-22)15-19-7-5-4-6-8-19/h4-8,13-14H,9-12,15H2,1-3H3. The van der Waals surface area contributed by atoms with Gasteiger partial charge in [-0.1, -0.05) is 30.3 Å². The zero-order valence-corrected chi connectivity index (χ0v) is 19.0. The number of fused-ring (bicyclic) bond motifs is 1. The summed E-state index contributed by atoms with van der Waals surface area (Å²) < 4.78 is 0. The minimum atomic E-state index is 0.747. The number of benzene rings is 1. The van der Waals surface area contributed by atoms with E-state index in [1.165, 1.54) is 10.4 Å². The predicted octanol–water partition coefficient (Wildman–Crippen LogP) is 4.32. The fourth-order valence-corrected chi connectivity index (χ4v) is 5.03. The van der Waals surface area contributed by atoms with E-state index < -0.39 is 0 Å². The van der Waals surface area contributed by atoms with Gasteiger partial charge in [-0.25, -0.2) is 19.9 Å². The molecule has 0 unspecified atom stereocenters. The molecule has 4 aromatic rings. The second-order valence-corrected chi connectivity index (χ2v) is 9.36. The van der Waals surface area contributed by atoms with Crippen molar-refractivity contribution in [2.75, 3.05) is 36.0 Å². The highest BCUT2D eigenvalue weighted by Gasteiger charge is 2.23. The summed E-state index contributed by atoms with van der Waals surface area (Å²) in [6.07, 6.45) is 0.747. The van der Waals surface area contributed by atoms with Gasteiger partial charge in [0.05, 0.1) is 5.39 Å². The summed E-state index contributed by atoms with van der Waals surface area (Å²) >= 11 is 1.75. The molecule has 1 aromatic carbocycles. The normalized spacial score (nSPS) is 14.4. The Morgan fingerprint density at radius 3 is 2.19 bits per heavy atom. The zero-order valence-electron chi connectivity index (χ0n) is 18.2. The Morgan fingerprint density at radius 1 is 0.806 bits per heavy atom. The second kappa shape index (κ2) is 8.23. The lowest BCUT2D eigenvalue weighted by molar-refractivity contribution is 0.633. The maximum Gasteiger partial charge on any atom is 0.225 e. The van der Waals surface area contributed by atoms with Crippen molar-refractivity contribution in [3.63, 3.8) is 0 Å². The van der Waals surface area contributed by atoms with Crippen LogP contribution < -0.4 is 9.80 Å². The molecule has 4 heterocycles. The topological polar surface area (TPSA) is 58.0 Å². The Morgan fingerprint density at radius 2 is 1.48 bits per heavy atom. The van der Waals surface area contributed by atoms with Crippen LogP contribution in [0.4, 0.5) is 11.8 Å². The Labute approximate surface area is 186 Å². The molecule has 0 atom stereocenters. The third-order valence-electron chi connectivity index (χ3n) is 5.58. The van der Waals surface area contributed by atoms with Gasteiger partial charge in [-0.3, -0.25) is 0 Å². The lowest BCUT2D eigenvalue weighted by Gasteiger charge is -2.36. The Balaban J connectivity index is 1.42. The van der Waals surface area contributed by atoms with Crippen LogP contribution in [0.3, 0.4) is 0 Å². The molecule has 0 saturated carbocycles. The van der Waals surface area contributed by atoms with Crippen LogP contribution in [0.2, 0.25) is 0 Å². The summed E-state index contributed by atoms with van der Waals surface area (Å²) in [6.45, 7) is 9.74. The number of nitrogens with zero attached hydrogens (tertiary/aromatic N) is 6. The number of aromatic nitrogens is 4. The quantitative estimate of drug-likeness (QED) is 0.480. The summed E-state index contributed by atoms with van der Waals surface area (Å²) in [5, 5.41) is 1.16. The van der Waals surface area contributed by atoms with Crippen molar-refractivity contribution in [2.24, 2.45) is 0 Å².